The summed E-state index contributed by atoms with van der Waals surface area (Å²) in [7, 11) is 0. The average molecular weight is 371 g/mol. The van der Waals surface area contributed by atoms with Gasteiger partial charge >= 0.3 is 0 Å². The van der Waals surface area contributed by atoms with Gasteiger partial charge in [0.25, 0.3) is 11.6 Å². The van der Waals surface area contributed by atoms with Crippen LogP contribution in [0.3, 0.4) is 0 Å². The third kappa shape index (κ3) is 3.78. The van der Waals surface area contributed by atoms with Gasteiger partial charge in [-0.1, -0.05) is 0 Å². The van der Waals surface area contributed by atoms with E-state index in [1.165, 1.54) is 29.5 Å². The van der Waals surface area contributed by atoms with Crippen molar-refractivity contribution in [1.82, 2.24) is 5.32 Å². The fraction of sp³-hybridized carbons (Fsp3) is 0.0833. The molecule has 0 spiro atoms. The van der Waals surface area contributed by atoms with Crippen molar-refractivity contribution in [2.75, 3.05) is 5.43 Å². The lowest BCUT2D eigenvalue weighted by molar-refractivity contribution is -0.384. The van der Waals surface area contributed by atoms with Crippen LogP contribution in [-0.4, -0.2) is 10.8 Å². The van der Waals surface area contributed by atoms with E-state index in [1.807, 2.05) is 12.1 Å². The van der Waals surface area contributed by atoms with E-state index in [0.29, 0.717) is 12.1 Å². The van der Waals surface area contributed by atoms with Crippen molar-refractivity contribution >= 4 is 44.5 Å². The zero-order chi connectivity index (χ0) is 15.4. The monoisotopic (exact) mass is 370 g/mol. The molecule has 1 aromatic heterocycles. The van der Waals surface area contributed by atoms with Crippen molar-refractivity contribution < 1.29 is 9.72 Å². The highest BCUT2D eigenvalue weighted by molar-refractivity contribution is 9.11. The molecule has 1 aromatic carbocycles. The van der Waals surface area contributed by atoms with Gasteiger partial charge in [0.2, 0.25) is 0 Å². The van der Waals surface area contributed by atoms with Crippen LogP contribution in [0.4, 0.5) is 11.4 Å². The molecule has 2 aromatic rings. The van der Waals surface area contributed by atoms with E-state index in [-0.39, 0.29) is 17.3 Å². The molecule has 0 bridgehead atoms. The minimum atomic E-state index is -0.569. The number of carbonyl (C=O) groups excluding carboxylic acids is 1. The number of halogens is 1. The lowest BCUT2D eigenvalue weighted by atomic mass is 10.1. The van der Waals surface area contributed by atoms with Crippen LogP contribution in [-0.2, 0) is 6.54 Å². The first-order chi connectivity index (χ1) is 10.0. The smallest absolute Gasteiger partial charge is 0.293 e. The number of rotatable bonds is 5. The van der Waals surface area contributed by atoms with Crippen LogP contribution in [0.15, 0.2) is 34.1 Å². The van der Waals surface area contributed by atoms with Gasteiger partial charge in [-0.05, 0) is 40.2 Å². The number of nitrogens with two attached hydrogens (primary N) is 1. The molecule has 1 heterocycles. The van der Waals surface area contributed by atoms with Crippen molar-refractivity contribution in [2.45, 2.75) is 6.54 Å². The molecule has 21 heavy (non-hydrogen) atoms. The van der Waals surface area contributed by atoms with Crippen LogP contribution in [0.5, 0.6) is 0 Å². The Labute approximate surface area is 132 Å². The molecule has 4 N–H and O–H groups in total. The number of anilines is 1. The SMILES string of the molecule is NNc1cc(C(=O)NCc2ccc(Br)s2)ccc1[N+](=O)[O-]. The first-order valence-corrected chi connectivity index (χ1v) is 7.39. The Morgan fingerprint density at radius 1 is 1.38 bits per heavy atom. The molecule has 7 nitrogen and oxygen atoms in total. The number of hydrazine groups is 1. The summed E-state index contributed by atoms with van der Waals surface area (Å²) >= 11 is 4.86. The van der Waals surface area contributed by atoms with Crippen LogP contribution in [0.25, 0.3) is 0 Å². The molecule has 2 rings (SSSR count). The van der Waals surface area contributed by atoms with Gasteiger partial charge in [0.15, 0.2) is 0 Å². The highest BCUT2D eigenvalue weighted by Crippen LogP contribution is 2.25. The maximum absolute atomic E-state index is 12.0. The van der Waals surface area contributed by atoms with Crippen molar-refractivity contribution in [3.05, 3.63) is 54.7 Å². The Morgan fingerprint density at radius 2 is 2.14 bits per heavy atom. The fourth-order valence-electron chi connectivity index (χ4n) is 1.67. The molecule has 0 unspecified atom stereocenters. The number of nitrogens with one attached hydrogen (secondary N) is 2. The number of thiophene rings is 1. The molecule has 0 fully saturated rings. The van der Waals surface area contributed by atoms with E-state index in [1.54, 1.807) is 0 Å². The van der Waals surface area contributed by atoms with Crippen molar-refractivity contribution in [3.63, 3.8) is 0 Å². The first kappa shape index (κ1) is 15.4. The molecule has 0 saturated carbocycles. The topological polar surface area (TPSA) is 110 Å². The molecule has 0 saturated heterocycles. The van der Waals surface area contributed by atoms with Gasteiger partial charge in [-0.25, -0.2) is 0 Å². The van der Waals surface area contributed by atoms with Gasteiger partial charge in [0, 0.05) is 16.5 Å². The second kappa shape index (κ2) is 6.66. The van der Waals surface area contributed by atoms with Crippen LogP contribution >= 0.6 is 27.3 Å². The predicted molar refractivity (Wildman–Crippen MR) is 84.1 cm³/mol. The second-order valence-electron chi connectivity index (χ2n) is 4.02. The molecular formula is C12H11BrN4O3S. The van der Waals surface area contributed by atoms with Crippen LogP contribution in [0, 0.1) is 10.1 Å². The standard InChI is InChI=1S/C12H11BrN4O3S/c13-11-4-2-8(21-11)6-15-12(18)7-1-3-10(17(19)20)9(5-7)16-14/h1-5,16H,6,14H2,(H,15,18). The number of hydrogen-bond donors (Lipinski definition) is 3. The molecule has 0 aliphatic heterocycles. The lowest BCUT2D eigenvalue weighted by Crippen LogP contribution is -2.22. The van der Waals surface area contributed by atoms with Crippen molar-refractivity contribution in [1.29, 1.82) is 0 Å². The predicted octanol–water partition coefficient (Wildman–Crippen LogP) is 2.63. The van der Waals surface area contributed by atoms with Gasteiger partial charge in [0.05, 0.1) is 15.3 Å². The maximum atomic E-state index is 12.0. The Morgan fingerprint density at radius 3 is 2.71 bits per heavy atom. The van der Waals surface area contributed by atoms with Gasteiger partial charge in [0.1, 0.15) is 5.69 Å². The van der Waals surface area contributed by atoms with E-state index in [9.17, 15) is 14.9 Å². The largest absolute Gasteiger partial charge is 0.347 e. The van der Waals surface area contributed by atoms with E-state index < -0.39 is 4.92 Å². The Hall–Kier alpha value is -1.97. The molecule has 0 aliphatic rings. The Bertz CT molecular complexity index is 689. The molecule has 0 aliphatic carbocycles. The number of nitro benzene ring substituents is 1. The summed E-state index contributed by atoms with van der Waals surface area (Å²) in [6.07, 6.45) is 0. The third-order valence-corrected chi connectivity index (χ3v) is 4.29. The number of nitro groups is 1. The number of carbonyl (C=O) groups is 1. The Balaban J connectivity index is 2.10. The first-order valence-electron chi connectivity index (χ1n) is 5.78. The summed E-state index contributed by atoms with van der Waals surface area (Å²) in [6, 6.07) is 7.77. The average Bonchev–Trinajstić information content (AvgIpc) is 2.89. The minimum absolute atomic E-state index is 0.0894. The summed E-state index contributed by atoms with van der Waals surface area (Å²) < 4.78 is 0.983. The van der Waals surface area contributed by atoms with Gasteiger partial charge in [-0.15, -0.1) is 11.3 Å². The van der Waals surface area contributed by atoms with E-state index >= 15 is 0 Å². The minimum Gasteiger partial charge on any atom is -0.347 e. The van der Waals surface area contributed by atoms with Crippen molar-refractivity contribution in [2.24, 2.45) is 5.84 Å². The normalized spacial score (nSPS) is 10.2. The third-order valence-electron chi connectivity index (χ3n) is 2.66. The lowest BCUT2D eigenvalue weighted by Gasteiger charge is -2.06. The van der Waals surface area contributed by atoms with E-state index in [2.05, 4.69) is 26.7 Å². The summed E-state index contributed by atoms with van der Waals surface area (Å²) in [5.41, 5.74) is 2.42. The number of nitrogen functional groups attached to an aromatic ring is 1. The van der Waals surface area contributed by atoms with Crippen LogP contribution < -0.4 is 16.6 Å². The van der Waals surface area contributed by atoms with Crippen molar-refractivity contribution in [3.8, 4) is 0 Å². The van der Waals surface area contributed by atoms with Crippen LogP contribution in [0.2, 0.25) is 0 Å². The molecule has 1 amide bonds. The zero-order valence-electron chi connectivity index (χ0n) is 10.6. The quantitative estimate of drug-likeness (QED) is 0.425. The molecule has 0 radical (unpaired) electrons. The maximum Gasteiger partial charge on any atom is 0.293 e. The fourth-order valence-corrected chi connectivity index (χ4v) is 3.09. The van der Waals surface area contributed by atoms with Crippen LogP contribution in [0.1, 0.15) is 15.2 Å². The van der Waals surface area contributed by atoms with E-state index in [4.69, 9.17) is 5.84 Å². The zero-order valence-corrected chi connectivity index (χ0v) is 13.0. The number of amides is 1. The molecule has 110 valence electrons. The molecule has 9 heteroatoms. The summed E-state index contributed by atoms with van der Waals surface area (Å²) in [6.45, 7) is 0.386. The summed E-state index contributed by atoms with van der Waals surface area (Å²) in [4.78, 5) is 23.2. The summed E-state index contributed by atoms with van der Waals surface area (Å²) in [5.74, 6) is 4.91. The van der Waals surface area contributed by atoms with E-state index in [0.717, 1.165) is 8.66 Å². The highest BCUT2D eigenvalue weighted by Gasteiger charge is 2.16. The number of benzene rings is 1. The second-order valence-corrected chi connectivity index (χ2v) is 6.57. The summed E-state index contributed by atoms with van der Waals surface area (Å²) in [5, 5.41) is 13.5. The van der Waals surface area contributed by atoms with Gasteiger partial charge < -0.3 is 10.7 Å². The number of nitrogens with zero attached hydrogens (tertiary/aromatic N) is 1. The molecule has 0 atom stereocenters. The van der Waals surface area contributed by atoms with Gasteiger partial charge in [-0.3, -0.25) is 20.8 Å². The highest BCUT2D eigenvalue weighted by atomic mass is 79.9. The molecular weight excluding hydrogens is 360 g/mol. The van der Waals surface area contributed by atoms with Gasteiger partial charge in [-0.2, -0.15) is 0 Å². The Kier molecular flexibility index (Phi) is 4.89. The number of hydrogen-bond acceptors (Lipinski definition) is 6.